The summed E-state index contributed by atoms with van der Waals surface area (Å²) >= 11 is 0. The van der Waals surface area contributed by atoms with Crippen molar-refractivity contribution in [3.8, 4) is 11.5 Å². The van der Waals surface area contributed by atoms with Crippen LogP contribution in [-0.4, -0.2) is 57.5 Å². The summed E-state index contributed by atoms with van der Waals surface area (Å²) < 4.78 is 40.5. The van der Waals surface area contributed by atoms with Crippen molar-refractivity contribution in [2.75, 3.05) is 25.1 Å². The zero-order valence-corrected chi connectivity index (χ0v) is 28.6. The minimum Gasteiger partial charge on any atom is -0.493 e. The smallest absolute Gasteiger partial charge is 0.264 e. The third-order valence-electron chi connectivity index (χ3n) is 7.51. The quantitative estimate of drug-likeness (QED) is 0.196. The van der Waals surface area contributed by atoms with Crippen LogP contribution in [0.5, 0.6) is 11.5 Å². The van der Waals surface area contributed by atoms with E-state index in [0.29, 0.717) is 11.4 Å². The zero-order chi connectivity index (χ0) is 34.2. The molecule has 4 rings (SSSR count). The van der Waals surface area contributed by atoms with Crippen LogP contribution in [0.2, 0.25) is 0 Å². The summed E-state index contributed by atoms with van der Waals surface area (Å²) in [4.78, 5) is 30.0. The van der Waals surface area contributed by atoms with Crippen LogP contribution in [0.4, 0.5) is 5.69 Å². The zero-order valence-electron chi connectivity index (χ0n) is 27.8. The number of carbonyl (C=O) groups excluding carboxylic acids is 2. The number of aryl methyl sites for hydroxylation is 1. The lowest BCUT2D eigenvalue weighted by molar-refractivity contribution is -0.140. The van der Waals surface area contributed by atoms with Crippen molar-refractivity contribution in [3.63, 3.8) is 0 Å². The number of nitrogens with one attached hydrogen (secondary N) is 1. The molecule has 1 N–H and O–H groups in total. The fraction of sp³-hybridized carbons (Fsp3) is 0.297. The summed E-state index contributed by atoms with van der Waals surface area (Å²) in [6.45, 7) is 7.06. The topological polar surface area (TPSA) is 105 Å². The lowest BCUT2D eigenvalue weighted by Gasteiger charge is -2.35. The number of ether oxygens (including phenoxy) is 2. The van der Waals surface area contributed by atoms with Gasteiger partial charge in [0.05, 0.1) is 24.8 Å². The Labute approximate surface area is 278 Å². The first-order chi connectivity index (χ1) is 22.3. The van der Waals surface area contributed by atoms with Gasteiger partial charge in [-0.3, -0.25) is 13.9 Å². The third kappa shape index (κ3) is 9.13. The second kappa shape index (κ2) is 15.2. The lowest BCUT2D eigenvalue weighted by Crippen LogP contribution is -2.56. The molecule has 47 heavy (non-hydrogen) atoms. The van der Waals surface area contributed by atoms with E-state index in [4.69, 9.17) is 9.47 Å². The van der Waals surface area contributed by atoms with Crippen molar-refractivity contribution in [2.45, 2.75) is 57.1 Å². The average Bonchev–Trinajstić information content (AvgIpc) is 3.05. The molecule has 9 nitrogen and oxygen atoms in total. The second-order valence-corrected chi connectivity index (χ2v) is 14.2. The summed E-state index contributed by atoms with van der Waals surface area (Å²) in [5.41, 5.74) is 2.32. The van der Waals surface area contributed by atoms with E-state index >= 15 is 0 Å². The lowest BCUT2D eigenvalue weighted by atomic mass is 10.0. The van der Waals surface area contributed by atoms with E-state index in [9.17, 15) is 18.0 Å². The number of amides is 2. The fourth-order valence-corrected chi connectivity index (χ4v) is 6.56. The van der Waals surface area contributed by atoms with Crippen LogP contribution in [0.15, 0.2) is 108 Å². The van der Waals surface area contributed by atoms with Gasteiger partial charge in [-0.05, 0) is 63.1 Å². The van der Waals surface area contributed by atoms with Crippen molar-refractivity contribution in [1.29, 1.82) is 0 Å². The van der Waals surface area contributed by atoms with E-state index in [-0.39, 0.29) is 29.5 Å². The molecule has 0 heterocycles. The van der Waals surface area contributed by atoms with Gasteiger partial charge in [-0.25, -0.2) is 8.42 Å². The Morgan fingerprint density at radius 3 is 1.91 bits per heavy atom. The summed E-state index contributed by atoms with van der Waals surface area (Å²) in [7, 11) is -1.42. The molecule has 0 spiro atoms. The minimum atomic E-state index is -4.31. The standard InChI is InChI=1S/C37H43N3O6S/c1-27-17-19-30(20-18-27)40(47(43,44)31-21-22-33(45-5)34(24-31)46-6)26-35(41)39(25-29-15-11-8-12-16-29)32(36(42)38-37(2,3)4)23-28-13-9-7-10-14-28/h7-22,24,32H,23,25-26H2,1-6H3,(H,38,42)/t32-/m0/s1. The first-order valence-corrected chi connectivity index (χ1v) is 16.8. The molecule has 0 aliphatic rings. The van der Waals surface area contributed by atoms with Crippen molar-refractivity contribution < 1.29 is 27.5 Å². The molecule has 2 amide bonds. The van der Waals surface area contributed by atoms with Gasteiger partial charge in [0.15, 0.2) is 11.5 Å². The van der Waals surface area contributed by atoms with Crippen LogP contribution >= 0.6 is 0 Å². The van der Waals surface area contributed by atoms with E-state index in [2.05, 4.69) is 5.32 Å². The summed E-state index contributed by atoms with van der Waals surface area (Å²) in [6.07, 6.45) is 0.230. The molecule has 0 fully saturated rings. The van der Waals surface area contributed by atoms with Gasteiger partial charge in [-0.15, -0.1) is 0 Å². The van der Waals surface area contributed by atoms with E-state index in [0.717, 1.165) is 21.0 Å². The second-order valence-electron chi connectivity index (χ2n) is 12.3. The third-order valence-corrected chi connectivity index (χ3v) is 9.28. The number of nitrogens with zero attached hydrogens (tertiary/aromatic N) is 2. The van der Waals surface area contributed by atoms with E-state index < -0.39 is 34.1 Å². The number of sulfonamides is 1. The number of hydrogen-bond acceptors (Lipinski definition) is 6. The predicted molar refractivity (Wildman–Crippen MR) is 184 cm³/mol. The first kappa shape index (κ1) is 35.0. The fourth-order valence-electron chi connectivity index (χ4n) is 5.13. The molecule has 4 aromatic carbocycles. The molecule has 0 aliphatic heterocycles. The van der Waals surface area contributed by atoms with Crippen LogP contribution in [0.3, 0.4) is 0 Å². The van der Waals surface area contributed by atoms with Crippen molar-refractivity contribution >= 4 is 27.5 Å². The monoisotopic (exact) mass is 657 g/mol. The highest BCUT2D eigenvalue weighted by Crippen LogP contribution is 2.32. The number of hydrogen-bond donors (Lipinski definition) is 1. The largest absolute Gasteiger partial charge is 0.493 e. The molecule has 0 unspecified atom stereocenters. The molecular weight excluding hydrogens is 614 g/mol. The van der Waals surface area contributed by atoms with Gasteiger partial charge in [0.2, 0.25) is 11.8 Å². The number of methoxy groups -OCH3 is 2. The van der Waals surface area contributed by atoms with Crippen LogP contribution in [0.1, 0.15) is 37.5 Å². The Balaban J connectivity index is 1.82. The molecule has 248 valence electrons. The highest BCUT2D eigenvalue weighted by Gasteiger charge is 2.36. The SMILES string of the molecule is COc1ccc(S(=O)(=O)N(CC(=O)N(Cc2ccccc2)[C@@H](Cc2ccccc2)C(=O)NC(C)(C)C)c2ccc(C)cc2)cc1OC. The normalized spacial score (nSPS) is 12.1. The van der Waals surface area contributed by atoms with Gasteiger partial charge >= 0.3 is 0 Å². The molecule has 10 heteroatoms. The molecule has 0 bridgehead atoms. The van der Waals surface area contributed by atoms with Gasteiger partial charge in [-0.1, -0.05) is 78.4 Å². The molecule has 0 aliphatic carbocycles. The number of rotatable bonds is 13. The van der Waals surface area contributed by atoms with Gasteiger partial charge in [0.1, 0.15) is 12.6 Å². The van der Waals surface area contributed by atoms with Crippen LogP contribution in [0.25, 0.3) is 0 Å². The van der Waals surface area contributed by atoms with Crippen LogP contribution in [0, 0.1) is 6.92 Å². The van der Waals surface area contributed by atoms with Crippen LogP contribution < -0.4 is 19.1 Å². The maximum Gasteiger partial charge on any atom is 0.264 e. The molecule has 0 radical (unpaired) electrons. The maximum atomic E-state index is 14.6. The van der Waals surface area contributed by atoms with E-state index in [1.165, 1.54) is 37.3 Å². The van der Waals surface area contributed by atoms with Gasteiger partial charge < -0.3 is 19.7 Å². The van der Waals surface area contributed by atoms with E-state index in [1.54, 1.807) is 24.3 Å². The van der Waals surface area contributed by atoms with Crippen molar-refractivity contribution in [3.05, 3.63) is 120 Å². The highest BCUT2D eigenvalue weighted by atomic mass is 32.2. The van der Waals surface area contributed by atoms with Crippen LogP contribution in [-0.2, 0) is 32.6 Å². The molecule has 0 aromatic heterocycles. The highest BCUT2D eigenvalue weighted by molar-refractivity contribution is 7.92. The molecule has 0 saturated heterocycles. The number of benzene rings is 4. The Kier molecular flexibility index (Phi) is 11.3. The molecule has 1 atom stereocenters. The minimum absolute atomic E-state index is 0.0792. The first-order valence-electron chi connectivity index (χ1n) is 15.3. The van der Waals surface area contributed by atoms with Gasteiger partial charge in [0, 0.05) is 24.6 Å². The Hall–Kier alpha value is -4.83. The van der Waals surface area contributed by atoms with Crippen molar-refractivity contribution in [2.24, 2.45) is 0 Å². The Morgan fingerprint density at radius 1 is 0.787 bits per heavy atom. The van der Waals surface area contributed by atoms with Gasteiger partial charge in [0.25, 0.3) is 10.0 Å². The Morgan fingerprint density at radius 2 is 1.36 bits per heavy atom. The Bertz CT molecular complexity index is 1760. The van der Waals surface area contributed by atoms with Gasteiger partial charge in [-0.2, -0.15) is 0 Å². The number of anilines is 1. The predicted octanol–water partition coefficient (Wildman–Crippen LogP) is 5.76. The number of carbonyl (C=O) groups is 2. The summed E-state index contributed by atoms with van der Waals surface area (Å²) in [6, 6.07) is 29.1. The maximum absolute atomic E-state index is 14.6. The summed E-state index contributed by atoms with van der Waals surface area (Å²) in [5.74, 6) is -0.276. The molecule has 4 aromatic rings. The molecule has 0 saturated carbocycles. The van der Waals surface area contributed by atoms with Crippen molar-refractivity contribution in [1.82, 2.24) is 10.2 Å². The molecular formula is C37H43N3O6S. The van der Waals surface area contributed by atoms with E-state index in [1.807, 2.05) is 88.4 Å². The summed E-state index contributed by atoms with van der Waals surface area (Å²) in [5, 5.41) is 3.04. The average molecular weight is 658 g/mol.